The summed E-state index contributed by atoms with van der Waals surface area (Å²) in [6.45, 7) is 1.82. The van der Waals surface area contributed by atoms with Crippen LogP contribution in [0, 0.1) is 18.3 Å². The second-order valence-corrected chi connectivity index (χ2v) is 7.79. The lowest BCUT2D eigenvalue weighted by Gasteiger charge is -2.25. The van der Waals surface area contributed by atoms with E-state index in [2.05, 4.69) is 0 Å². The van der Waals surface area contributed by atoms with Gasteiger partial charge in [-0.25, -0.2) is 0 Å². The van der Waals surface area contributed by atoms with E-state index in [9.17, 15) is 14.7 Å². The number of Topliss-reactive ketones (excluding diaryl/α,β-unsaturated/α-hetero) is 1. The molecule has 1 N–H and O–H groups in total. The molecule has 1 fully saturated rings. The maximum absolute atomic E-state index is 13.3. The van der Waals surface area contributed by atoms with Crippen LogP contribution in [0.5, 0.6) is 11.5 Å². The first-order valence-corrected chi connectivity index (χ1v) is 10.5. The van der Waals surface area contributed by atoms with Crippen molar-refractivity contribution >= 4 is 23.1 Å². The number of nitriles is 1. The van der Waals surface area contributed by atoms with Crippen molar-refractivity contribution in [2.45, 2.75) is 13.0 Å². The van der Waals surface area contributed by atoms with Crippen LogP contribution in [0.2, 0.25) is 0 Å². The van der Waals surface area contributed by atoms with Crippen LogP contribution in [-0.2, 0) is 9.59 Å². The standard InChI is InChI=1S/C27H22N2O5/c1-16-13-19(9-12-22(16)34-3)25(30)23-24(18-5-4-6-21(14-18)33-2)29(27(32)26(23)31)20-10-7-17(15-28)8-11-20/h4-14,24,30H,1-3H3/b25-23-. The Morgan fingerprint density at radius 3 is 2.35 bits per heavy atom. The van der Waals surface area contributed by atoms with Gasteiger partial charge in [0.1, 0.15) is 17.3 Å². The van der Waals surface area contributed by atoms with E-state index in [1.807, 2.05) is 13.0 Å². The zero-order chi connectivity index (χ0) is 24.4. The largest absolute Gasteiger partial charge is 0.507 e. The summed E-state index contributed by atoms with van der Waals surface area (Å²) in [5.41, 5.74) is 2.57. The highest BCUT2D eigenvalue weighted by Crippen LogP contribution is 2.43. The molecule has 0 aliphatic carbocycles. The highest BCUT2D eigenvalue weighted by atomic mass is 16.5. The normalized spacial score (nSPS) is 16.9. The van der Waals surface area contributed by atoms with E-state index in [0.717, 1.165) is 5.56 Å². The van der Waals surface area contributed by atoms with Crippen molar-refractivity contribution in [1.29, 1.82) is 5.26 Å². The Labute approximate surface area is 197 Å². The minimum atomic E-state index is -0.898. The van der Waals surface area contributed by atoms with Crippen LogP contribution >= 0.6 is 0 Å². The molecular weight excluding hydrogens is 432 g/mol. The molecule has 34 heavy (non-hydrogen) atoms. The molecule has 1 unspecified atom stereocenters. The minimum absolute atomic E-state index is 0.0350. The predicted molar refractivity (Wildman–Crippen MR) is 127 cm³/mol. The Morgan fingerprint density at radius 2 is 1.74 bits per heavy atom. The number of anilines is 1. The number of hydrogen-bond donors (Lipinski definition) is 1. The molecule has 1 saturated heterocycles. The third kappa shape index (κ3) is 3.86. The van der Waals surface area contributed by atoms with Gasteiger partial charge >= 0.3 is 0 Å². The van der Waals surface area contributed by atoms with Crippen molar-refractivity contribution in [3.63, 3.8) is 0 Å². The van der Waals surface area contributed by atoms with Crippen LogP contribution in [-0.4, -0.2) is 31.0 Å². The number of rotatable bonds is 5. The molecule has 1 heterocycles. The lowest BCUT2D eigenvalue weighted by Crippen LogP contribution is -2.29. The number of hydrogen-bond acceptors (Lipinski definition) is 6. The molecule has 1 amide bonds. The van der Waals surface area contributed by atoms with E-state index in [0.29, 0.717) is 33.9 Å². The third-order valence-electron chi connectivity index (χ3n) is 5.80. The number of amides is 1. The zero-order valence-corrected chi connectivity index (χ0v) is 18.9. The quantitative estimate of drug-likeness (QED) is 0.346. The van der Waals surface area contributed by atoms with Gasteiger partial charge in [-0.15, -0.1) is 0 Å². The number of carbonyl (C=O) groups excluding carboxylic acids is 2. The number of carbonyl (C=O) groups is 2. The van der Waals surface area contributed by atoms with Crippen LogP contribution < -0.4 is 14.4 Å². The maximum atomic E-state index is 13.3. The van der Waals surface area contributed by atoms with Gasteiger partial charge < -0.3 is 14.6 Å². The van der Waals surface area contributed by atoms with Crippen molar-refractivity contribution < 1.29 is 24.2 Å². The van der Waals surface area contributed by atoms with Crippen LogP contribution in [0.4, 0.5) is 5.69 Å². The number of methoxy groups -OCH3 is 2. The first kappa shape index (κ1) is 22.6. The molecule has 170 valence electrons. The molecule has 3 aromatic rings. The summed E-state index contributed by atoms with van der Waals surface area (Å²) >= 11 is 0. The SMILES string of the molecule is COc1cccc(C2/C(=C(/O)c3ccc(OC)c(C)c3)C(=O)C(=O)N2c2ccc(C#N)cc2)c1. The second kappa shape index (κ2) is 9.12. The van der Waals surface area contributed by atoms with Gasteiger partial charge in [-0.2, -0.15) is 5.26 Å². The average molecular weight is 454 g/mol. The lowest BCUT2D eigenvalue weighted by molar-refractivity contribution is -0.132. The summed E-state index contributed by atoms with van der Waals surface area (Å²) in [6, 6.07) is 19.5. The Kier molecular flexibility index (Phi) is 6.07. The van der Waals surface area contributed by atoms with Crippen molar-refractivity contribution in [1.82, 2.24) is 0 Å². The van der Waals surface area contributed by atoms with Crippen LogP contribution in [0.25, 0.3) is 5.76 Å². The van der Waals surface area contributed by atoms with Crippen LogP contribution in [0.15, 0.2) is 72.3 Å². The first-order valence-electron chi connectivity index (χ1n) is 10.5. The highest BCUT2D eigenvalue weighted by molar-refractivity contribution is 6.51. The molecule has 0 saturated carbocycles. The number of ether oxygens (including phenoxy) is 2. The number of aliphatic hydroxyl groups excluding tert-OH is 1. The number of ketones is 1. The third-order valence-corrected chi connectivity index (χ3v) is 5.80. The van der Waals surface area contributed by atoms with Gasteiger partial charge in [-0.1, -0.05) is 12.1 Å². The molecule has 1 aliphatic rings. The van der Waals surface area contributed by atoms with Gasteiger partial charge in [-0.3, -0.25) is 14.5 Å². The maximum Gasteiger partial charge on any atom is 0.300 e. The van der Waals surface area contributed by atoms with Crippen molar-refractivity contribution in [2.24, 2.45) is 0 Å². The fourth-order valence-corrected chi connectivity index (χ4v) is 4.10. The summed E-state index contributed by atoms with van der Waals surface area (Å²) in [5, 5.41) is 20.4. The highest BCUT2D eigenvalue weighted by Gasteiger charge is 2.47. The fourth-order valence-electron chi connectivity index (χ4n) is 4.10. The first-order chi connectivity index (χ1) is 16.4. The van der Waals surface area contributed by atoms with Gasteiger partial charge in [-0.05, 0) is 72.6 Å². The molecule has 0 spiro atoms. The van der Waals surface area contributed by atoms with E-state index in [-0.39, 0.29) is 11.3 Å². The Morgan fingerprint density at radius 1 is 1.00 bits per heavy atom. The van der Waals surface area contributed by atoms with Gasteiger partial charge in [0.2, 0.25) is 0 Å². The molecule has 0 bridgehead atoms. The summed E-state index contributed by atoms with van der Waals surface area (Å²) in [5.74, 6) is -0.678. The topological polar surface area (TPSA) is 99.9 Å². The summed E-state index contributed by atoms with van der Waals surface area (Å²) in [4.78, 5) is 27.8. The molecule has 1 atom stereocenters. The van der Waals surface area contributed by atoms with E-state index in [1.54, 1.807) is 73.8 Å². The molecule has 7 heteroatoms. The van der Waals surface area contributed by atoms with Crippen molar-refractivity contribution in [2.75, 3.05) is 19.1 Å². The Balaban J connectivity index is 1.94. The van der Waals surface area contributed by atoms with Gasteiger partial charge in [0.25, 0.3) is 11.7 Å². The minimum Gasteiger partial charge on any atom is -0.507 e. The van der Waals surface area contributed by atoms with E-state index < -0.39 is 17.7 Å². The molecule has 0 aromatic heterocycles. The van der Waals surface area contributed by atoms with E-state index in [4.69, 9.17) is 14.7 Å². The number of nitrogens with zero attached hydrogens (tertiary/aromatic N) is 2. The molecule has 3 aromatic carbocycles. The Hall–Kier alpha value is -4.57. The monoisotopic (exact) mass is 454 g/mol. The predicted octanol–water partition coefficient (Wildman–Crippen LogP) is 4.51. The van der Waals surface area contributed by atoms with Crippen LogP contribution in [0.3, 0.4) is 0 Å². The zero-order valence-electron chi connectivity index (χ0n) is 18.9. The van der Waals surface area contributed by atoms with Gasteiger partial charge in [0, 0.05) is 11.3 Å². The van der Waals surface area contributed by atoms with Crippen LogP contribution in [0.1, 0.15) is 28.3 Å². The van der Waals surface area contributed by atoms with E-state index >= 15 is 0 Å². The molecule has 7 nitrogen and oxygen atoms in total. The molecule has 1 aliphatic heterocycles. The fraction of sp³-hybridized carbons (Fsp3) is 0.148. The van der Waals surface area contributed by atoms with Gasteiger partial charge in [0.05, 0.1) is 37.5 Å². The lowest BCUT2D eigenvalue weighted by atomic mass is 9.94. The summed E-state index contributed by atoms with van der Waals surface area (Å²) in [7, 11) is 3.07. The average Bonchev–Trinajstić information content (AvgIpc) is 3.13. The summed E-state index contributed by atoms with van der Waals surface area (Å²) < 4.78 is 10.6. The molecule has 4 rings (SSSR count). The molecule has 0 radical (unpaired) electrons. The number of aryl methyl sites for hydroxylation is 1. The second-order valence-electron chi connectivity index (χ2n) is 7.79. The summed E-state index contributed by atoms with van der Waals surface area (Å²) in [6.07, 6.45) is 0. The number of benzene rings is 3. The van der Waals surface area contributed by atoms with Crippen molar-refractivity contribution in [3.8, 4) is 17.6 Å². The molecular formula is C27H22N2O5. The smallest absolute Gasteiger partial charge is 0.300 e. The number of aliphatic hydroxyl groups is 1. The van der Waals surface area contributed by atoms with Crippen molar-refractivity contribution in [3.05, 3.63) is 94.6 Å². The van der Waals surface area contributed by atoms with E-state index in [1.165, 1.54) is 12.0 Å². The Bertz CT molecular complexity index is 1350. The van der Waals surface area contributed by atoms with Gasteiger partial charge in [0.15, 0.2) is 0 Å².